The summed E-state index contributed by atoms with van der Waals surface area (Å²) in [5.41, 5.74) is 4.45. The van der Waals surface area contributed by atoms with Crippen molar-refractivity contribution < 1.29 is 9.32 Å². The van der Waals surface area contributed by atoms with E-state index in [0.29, 0.717) is 30.4 Å². The third kappa shape index (κ3) is 4.93. The Bertz CT molecular complexity index is 1360. The molecule has 0 saturated heterocycles. The van der Waals surface area contributed by atoms with E-state index in [4.69, 9.17) is 4.52 Å². The predicted molar refractivity (Wildman–Crippen MR) is 130 cm³/mol. The number of hydrogen-bond acceptors (Lipinski definition) is 5. The number of amides is 2. The lowest BCUT2D eigenvalue weighted by Gasteiger charge is -2.06. The standard InChI is InChI=1S/C24H19BrN6O2/c25-17-9-11-18(12-10-17)27-24(32)26-14-13-21-30-23(31-33-21)16-7-5-15(6-8-16)22-28-19-3-1-2-4-20(19)29-22/h1-12H,13-14H2,(H,28,29)(H2,26,27,32). The number of halogens is 1. The molecule has 0 aliphatic carbocycles. The van der Waals surface area contributed by atoms with Gasteiger partial charge in [0.25, 0.3) is 0 Å². The van der Waals surface area contributed by atoms with Gasteiger partial charge in [-0.2, -0.15) is 4.98 Å². The summed E-state index contributed by atoms with van der Waals surface area (Å²) in [5, 5.41) is 9.60. The molecule has 0 bridgehead atoms. The number of carbonyl (C=O) groups excluding carboxylic acids is 1. The van der Waals surface area contributed by atoms with Gasteiger partial charge in [0.1, 0.15) is 5.82 Å². The number of imidazole rings is 1. The first kappa shape index (κ1) is 20.9. The van der Waals surface area contributed by atoms with Crippen molar-refractivity contribution in [3.8, 4) is 22.8 Å². The van der Waals surface area contributed by atoms with E-state index in [-0.39, 0.29) is 6.03 Å². The molecule has 0 unspecified atom stereocenters. The third-order valence-corrected chi connectivity index (χ3v) is 5.53. The summed E-state index contributed by atoms with van der Waals surface area (Å²) in [6.07, 6.45) is 0.428. The first-order chi connectivity index (χ1) is 16.1. The third-order valence-electron chi connectivity index (χ3n) is 5.00. The van der Waals surface area contributed by atoms with E-state index < -0.39 is 0 Å². The number of aromatic nitrogens is 4. The van der Waals surface area contributed by atoms with Crippen molar-refractivity contribution in [3.63, 3.8) is 0 Å². The van der Waals surface area contributed by atoms with Crippen LogP contribution in [-0.4, -0.2) is 32.7 Å². The molecular weight excluding hydrogens is 484 g/mol. The number of para-hydroxylation sites is 2. The van der Waals surface area contributed by atoms with Gasteiger partial charge in [-0.25, -0.2) is 9.78 Å². The molecule has 164 valence electrons. The number of nitrogens with zero attached hydrogens (tertiary/aromatic N) is 3. The molecule has 0 aliphatic rings. The van der Waals surface area contributed by atoms with Crippen molar-refractivity contribution in [1.82, 2.24) is 25.4 Å². The van der Waals surface area contributed by atoms with Gasteiger partial charge in [-0.1, -0.05) is 57.5 Å². The van der Waals surface area contributed by atoms with Gasteiger partial charge in [-0.15, -0.1) is 0 Å². The van der Waals surface area contributed by atoms with Crippen LogP contribution >= 0.6 is 15.9 Å². The van der Waals surface area contributed by atoms with E-state index >= 15 is 0 Å². The molecule has 2 amide bonds. The van der Waals surface area contributed by atoms with Crippen molar-refractivity contribution >= 4 is 38.7 Å². The second-order valence-corrected chi connectivity index (χ2v) is 8.25. The molecule has 5 aromatic rings. The SMILES string of the molecule is O=C(NCCc1nc(-c2ccc(-c3nc4ccccc4[nH]3)cc2)no1)Nc1ccc(Br)cc1. The largest absolute Gasteiger partial charge is 0.339 e. The fourth-order valence-electron chi connectivity index (χ4n) is 3.33. The van der Waals surface area contributed by atoms with Crippen molar-refractivity contribution in [2.45, 2.75) is 6.42 Å². The van der Waals surface area contributed by atoms with Gasteiger partial charge in [0.05, 0.1) is 11.0 Å². The molecule has 5 rings (SSSR count). The van der Waals surface area contributed by atoms with Crippen LogP contribution in [0.4, 0.5) is 10.5 Å². The van der Waals surface area contributed by atoms with Crippen LogP contribution in [0.3, 0.4) is 0 Å². The number of nitrogens with one attached hydrogen (secondary N) is 3. The Kier molecular flexibility index (Phi) is 5.86. The van der Waals surface area contributed by atoms with Crippen LogP contribution in [0.2, 0.25) is 0 Å². The highest BCUT2D eigenvalue weighted by Crippen LogP contribution is 2.23. The zero-order valence-corrected chi connectivity index (χ0v) is 19.0. The second-order valence-electron chi connectivity index (χ2n) is 7.33. The number of anilines is 1. The van der Waals surface area contributed by atoms with Crippen LogP contribution in [0.1, 0.15) is 5.89 Å². The van der Waals surface area contributed by atoms with Crippen molar-refractivity contribution in [1.29, 1.82) is 0 Å². The average Bonchev–Trinajstić information content (AvgIpc) is 3.48. The maximum Gasteiger partial charge on any atom is 0.319 e. The van der Waals surface area contributed by atoms with Crippen molar-refractivity contribution in [3.05, 3.63) is 83.2 Å². The molecule has 2 aromatic heterocycles. The van der Waals surface area contributed by atoms with E-state index in [1.165, 1.54) is 0 Å². The number of hydrogen-bond donors (Lipinski definition) is 3. The lowest BCUT2D eigenvalue weighted by Crippen LogP contribution is -2.30. The lowest BCUT2D eigenvalue weighted by molar-refractivity contribution is 0.252. The van der Waals surface area contributed by atoms with Gasteiger partial charge in [-0.05, 0) is 36.4 Å². The molecule has 3 N–H and O–H groups in total. The number of rotatable bonds is 6. The fraction of sp³-hybridized carbons (Fsp3) is 0.0833. The van der Waals surface area contributed by atoms with Gasteiger partial charge >= 0.3 is 6.03 Å². The summed E-state index contributed by atoms with van der Waals surface area (Å²) < 4.78 is 6.28. The van der Waals surface area contributed by atoms with Crippen molar-refractivity contribution in [2.24, 2.45) is 0 Å². The van der Waals surface area contributed by atoms with Gasteiger partial charge in [0.15, 0.2) is 0 Å². The molecule has 2 heterocycles. The van der Waals surface area contributed by atoms with Crippen molar-refractivity contribution in [2.75, 3.05) is 11.9 Å². The van der Waals surface area contributed by atoms with Crippen LogP contribution < -0.4 is 10.6 Å². The summed E-state index contributed by atoms with van der Waals surface area (Å²) >= 11 is 3.36. The number of benzene rings is 3. The minimum absolute atomic E-state index is 0.293. The Labute approximate surface area is 197 Å². The van der Waals surface area contributed by atoms with Crippen LogP contribution in [0.15, 0.2) is 81.8 Å². The first-order valence-electron chi connectivity index (χ1n) is 10.3. The minimum atomic E-state index is -0.293. The lowest BCUT2D eigenvalue weighted by atomic mass is 10.1. The van der Waals surface area contributed by atoms with Crippen LogP contribution in [0, 0.1) is 0 Å². The first-order valence-corrected chi connectivity index (χ1v) is 11.1. The zero-order chi connectivity index (χ0) is 22.6. The quantitative estimate of drug-likeness (QED) is 0.287. The number of aromatic amines is 1. The van der Waals surface area contributed by atoms with Gasteiger partial charge in [0, 0.05) is 34.3 Å². The van der Waals surface area contributed by atoms with Gasteiger partial charge in [0.2, 0.25) is 11.7 Å². The number of carbonyl (C=O) groups is 1. The summed E-state index contributed by atoms with van der Waals surface area (Å²) in [5.74, 6) is 1.76. The van der Waals surface area contributed by atoms with Gasteiger partial charge < -0.3 is 20.1 Å². The molecular formula is C24H19BrN6O2. The summed E-state index contributed by atoms with van der Waals surface area (Å²) in [7, 11) is 0. The molecule has 0 spiro atoms. The maximum atomic E-state index is 12.0. The van der Waals surface area contributed by atoms with E-state index in [9.17, 15) is 4.79 Å². The number of fused-ring (bicyclic) bond motifs is 1. The van der Waals surface area contributed by atoms with Crippen LogP contribution in [0.5, 0.6) is 0 Å². The summed E-state index contributed by atoms with van der Waals surface area (Å²) in [6, 6.07) is 22.8. The molecule has 0 fully saturated rings. The minimum Gasteiger partial charge on any atom is -0.339 e. The Hall–Kier alpha value is -3.98. The van der Waals surface area contributed by atoms with E-state index in [1.54, 1.807) is 0 Å². The normalized spacial score (nSPS) is 10.9. The zero-order valence-electron chi connectivity index (χ0n) is 17.4. The Morgan fingerprint density at radius 3 is 2.48 bits per heavy atom. The molecule has 0 atom stereocenters. The second kappa shape index (κ2) is 9.25. The van der Waals surface area contributed by atoms with E-state index in [1.807, 2.05) is 72.8 Å². The summed E-state index contributed by atoms with van der Waals surface area (Å²) in [6.45, 7) is 0.370. The molecule has 0 aliphatic heterocycles. The molecule has 8 nitrogen and oxygen atoms in total. The Morgan fingerprint density at radius 1 is 0.939 bits per heavy atom. The predicted octanol–water partition coefficient (Wildman–Crippen LogP) is 5.41. The maximum absolute atomic E-state index is 12.0. The Morgan fingerprint density at radius 2 is 1.70 bits per heavy atom. The highest BCUT2D eigenvalue weighted by Gasteiger charge is 2.11. The van der Waals surface area contributed by atoms with E-state index in [0.717, 1.165) is 32.5 Å². The van der Waals surface area contributed by atoms with Gasteiger partial charge in [-0.3, -0.25) is 0 Å². The monoisotopic (exact) mass is 502 g/mol. The number of urea groups is 1. The highest BCUT2D eigenvalue weighted by molar-refractivity contribution is 9.10. The molecule has 33 heavy (non-hydrogen) atoms. The Balaban J connectivity index is 1.17. The van der Waals surface area contributed by atoms with E-state index in [2.05, 4.69) is 46.7 Å². The molecule has 3 aromatic carbocycles. The summed E-state index contributed by atoms with van der Waals surface area (Å²) in [4.78, 5) is 24.4. The average molecular weight is 503 g/mol. The molecule has 9 heteroatoms. The van der Waals surface area contributed by atoms with Crippen LogP contribution in [-0.2, 0) is 6.42 Å². The topological polar surface area (TPSA) is 109 Å². The molecule has 0 saturated carbocycles. The number of H-pyrrole nitrogens is 1. The fourth-order valence-corrected chi connectivity index (χ4v) is 3.60. The molecule has 0 radical (unpaired) electrons. The van der Waals surface area contributed by atoms with Crippen LogP contribution in [0.25, 0.3) is 33.8 Å². The highest BCUT2D eigenvalue weighted by atomic mass is 79.9. The smallest absolute Gasteiger partial charge is 0.319 e.